The van der Waals surface area contributed by atoms with Crippen molar-refractivity contribution in [1.82, 2.24) is 4.90 Å². The van der Waals surface area contributed by atoms with Crippen LogP contribution in [0.4, 0.5) is 5.69 Å². The smallest absolute Gasteiger partial charge is 0.270 e. The van der Waals surface area contributed by atoms with Crippen LogP contribution in [0.5, 0.6) is 0 Å². The summed E-state index contributed by atoms with van der Waals surface area (Å²) in [5, 5.41) is 19.9. The van der Waals surface area contributed by atoms with Crippen LogP contribution in [0.1, 0.15) is 11.1 Å². The molecule has 6 heteroatoms. The maximum atomic E-state index is 12.3. The van der Waals surface area contributed by atoms with Gasteiger partial charge in [-0.3, -0.25) is 14.9 Å². The highest BCUT2D eigenvalue weighted by atomic mass is 16.6. The lowest BCUT2D eigenvalue weighted by Crippen LogP contribution is -2.31. The molecule has 0 heterocycles. The lowest BCUT2D eigenvalue weighted by atomic mass is 10.2. The Balaban J connectivity index is 2.09. The van der Waals surface area contributed by atoms with Gasteiger partial charge in [0.2, 0.25) is 5.91 Å². The van der Waals surface area contributed by atoms with Crippen LogP contribution in [-0.4, -0.2) is 34.0 Å². The Labute approximate surface area is 139 Å². The third-order valence-electron chi connectivity index (χ3n) is 3.40. The van der Waals surface area contributed by atoms with Gasteiger partial charge in [0.05, 0.1) is 11.5 Å². The molecule has 24 heavy (non-hydrogen) atoms. The highest BCUT2D eigenvalue weighted by molar-refractivity contribution is 5.91. The molecule has 0 fully saturated rings. The molecule has 0 unspecified atom stereocenters. The average Bonchev–Trinajstić information content (AvgIpc) is 2.60. The number of aliphatic hydroxyl groups excluding tert-OH is 1. The van der Waals surface area contributed by atoms with Crippen LogP contribution in [0.15, 0.2) is 60.7 Å². The molecule has 0 atom stereocenters. The zero-order chi connectivity index (χ0) is 17.4. The highest BCUT2D eigenvalue weighted by Crippen LogP contribution is 2.14. The monoisotopic (exact) mass is 326 g/mol. The molecule has 6 nitrogen and oxygen atoms in total. The molecule has 1 N–H and O–H groups in total. The lowest BCUT2D eigenvalue weighted by Gasteiger charge is -2.20. The van der Waals surface area contributed by atoms with Crippen molar-refractivity contribution >= 4 is 17.7 Å². The van der Waals surface area contributed by atoms with Gasteiger partial charge in [0, 0.05) is 31.3 Å². The molecular formula is C18H18N2O4. The SMILES string of the molecule is O=C(/C=C/c1cccc([N+](=O)[O-])c1)N(CCO)Cc1ccccc1. The van der Waals surface area contributed by atoms with Crippen molar-refractivity contribution in [1.29, 1.82) is 0 Å². The fourth-order valence-electron chi connectivity index (χ4n) is 2.21. The molecule has 0 spiro atoms. The van der Waals surface area contributed by atoms with Gasteiger partial charge < -0.3 is 10.0 Å². The van der Waals surface area contributed by atoms with Crippen molar-refractivity contribution in [2.75, 3.05) is 13.2 Å². The van der Waals surface area contributed by atoms with Crippen LogP contribution in [0, 0.1) is 10.1 Å². The Kier molecular flexibility index (Phi) is 6.22. The van der Waals surface area contributed by atoms with E-state index in [4.69, 9.17) is 5.11 Å². The quantitative estimate of drug-likeness (QED) is 0.481. The molecule has 0 saturated carbocycles. The average molecular weight is 326 g/mol. The second-order valence-corrected chi connectivity index (χ2v) is 5.15. The Morgan fingerprint density at radius 3 is 2.58 bits per heavy atom. The first kappa shape index (κ1) is 17.4. The van der Waals surface area contributed by atoms with Gasteiger partial charge >= 0.3 is 0 Å². The summed E-state index contributed by atoms with van der Waals surface area (Å²) in [5.41, 5.74) is 1.50. The Bertz CT molecular complexity index is 729. The maximum Gasteiger partial charge on any atom is 0.270 e. The van der Waals surface area contributed by atoms with Gasteiger partial charge in [-0.2, -0.15) is 0 Å². The van der Waals surface area contributed by atoms with Crippen LogP contribution in [0.2, 0.25) is 0 Å². The number of rotatable bonds is 7. The summed E-state index contributed by atoms with van der Waals surface area (Å²) in [6.07, 6.45) is 2.89. The number of hydrogen-bond acceptors (Lipinski definition) is 4. The Morgan fingerprint density at radius 2 is 1.92 bits per heavy atom. The minimum atomic E-state index is -0.480. The van der Waals surface area contributed by atoms with Crippen molar-refractivity contribution in [3.63, 3.8) is 0 Å². The van der Waals surface area contributed by atoms with E-state index in [0.29, 0.717) is 12.1 Å². The van der Waals surface area contributed by atoms with Crippen LogP contribution in [0.3, 0.4) is 0 Å². The zero-order valence-corrected chi connectivity index (χ0v) is 13.0. The van der Waals surface area contributed by atoms with E-state index in [1.807, 2.05) is 30.3 Å². The largest absolute Gasteiger partial charge is 0.395 e. The second kappa shape index (κ2) is 8.59. The van der Waals surface area contributed by atoms with Gasteiger partial charge in [0.15, 0.2) is 0 Å². The Hall–Kier alpha value is -2.99. The standard InChI is InChI=1S/C18H18N2O4/c21-12-11-19(14-16-5-2-1-3-6-16)18(22)10-9-15-7-4-8-17(13-15)20(23)24/h1-10,13,21H,11-12,14H2/b10-9+. The van der Waals surface area contributed by atoms with Gasteiger partial charge in [-0.15, -0.1) is 0 Å². The number of carbonyl (C=O) groups is 1. The van der Waals surface area contributed by atoms with Crippen molar-refractivity contribution in [3.8, 4) is 0 Å². The topological polar surface area (TPSA) is 83.7 Å². The van der Waals surface area contributed by atoms with Gasteiger partial charge in [0.1, 0.15) is 0 Å². The number of benzene rings is 2. The third-order valence-corrected chi connectivity index (χ3v) is 3.40. The van der Waals surface area contributed by atoms with Crippen LogP contribution < -0.4 is 0 Å². The highest BCUT2D eigenvalue weighted by Gasteiger charge is 2.11. The van der Waals surface area contributed by atoms with Crippen molar-refractivity contribution in [3.05, 3.63) is 81.9 Å². The number of nitrogens with zero attached hydrogens (tertiary/aromatic N) is 2. The number of carbonyl (C=O) groups excluding carboxylic acids is 1. The molecule has 0 aliphatic rings. The number of hydrogen-bond donors (Lipinski definition) is 1. The summed E-state index contributed by atoms with van der Waals surface area (Å²) in [4.78, 5) is 24.1. The van der Waals surface area contributed by atoms with Crippen LogP contribution in [0.25, 0.3) is 6.08 Å². The first-order valence-corrected chi connectivity index (χ1v) is 7.46. The molecular weight excluding hydrogens is 308 g/mol. The predicted octanol–water partition coefficient (Wildman–Crippen LogP) is 2.63. The minimum Gasteiger partial charge on any atom is -0.395 e. The van der Waals surface area contributed by atoms with E-state index >= 15 is 0 Å². The first-order chi connectivity index (χ1) is 11.6. The van der Waals surface area contributed by atoms with E-state index < -0.39 is 4.92 Å². The van der Waals surface area contributed by atoms with Gasteiger partial charge in [0.25, 0.3) is 5.69 Å². The number of non-ortho nitro benzene ring substituents is 1. The fourth-order valence-corrected chi connectivity index (χ4v) is 2.21. The summed E-state index contributed by atoms with van der Waals surface area (Å²) >= 11 is 0. The number of nitro benzene ring substituents is 1. The van der Waals surface area contributed by atoms with Crippen LogP contribution in [-0.2, 0) is 11.3 Å². The molecule has 0 aromatic heterocycles. The van der Waals surface area contributed by atoms with Crippen molar-refractivity contribution in [2.24, 2.45) is 0 Å². The minimum absolute atomic E-state index is 0.0268. The summed E-state index contributed by atoms with van der Waals surface area (Å²) in [6, 6.07) is 15.5. The molecule has 2 aromatic rings. The molecule has 124 valence electrons. The summed E-state index contributed by atoms with van der Waals surface area (Å²) in [6.45, 7) is 0.468. The molecule has 2 aromatic carbocycles. The molecule has 0 bridgehead atoms. The predicted molar refractivity (Wildman–Crippen MR) is 91.1 cm³/mol. The second-order valence-electron chi connectivity index (χ2n) is 5.15. The van der Waals surface area contributed by atoms with Crippen molar-refractivity contribution in [2.45, 2.75) is 6.54 Å². The third kappa shape index (κ3) is 5.03. The van der Waals surface area contributed by atoms with Crippen LogP contribution >= 0.6 is 0 Å². The van der Waals surface area contributed by atoms with Crippen molar-refractivity contribution < 1.29 is 14.8 Å². The number of nitro groups is 1. The van der Waals surface area contributed by atoms with E-state index in [1.165, 1.54) is 29.2 Å². The molecule has 0 aliphatic carbocycles. The van der Waals surface area contributed by atoms with Gasteiger partial charge in [-0.05, 0) is 17.2 Å². The first-order valence-electron chi connectivity index (χ1n) is 7.46. The number of amides is 1. The zero-order valence-electron chi connectivity index (χ0n) is 13.0. The van der Waals surface area contributed by atoms with E-state index in [9.17, 15) is 14.9 Å². The van der Waals surface area contributed by atoms with Gasteiger partial charge in [-0.1, -0.05) is 42.5 Å². The van der Waals surface area contributed by atoms with E-state index in [-0.39, 0.29) is 24.7 Å². The van der Waals surface area contributed by atoms with E-state index in [0.717, 1.165) is 5.56 Å². The Morgan fingerprint density at radius 1 is 1.17 bits per heavy atom. The number of aliphatic hydroxyl groups is 1. The molecule has 0 aliphatic heterocycles. The van der Waals surface area contributed by atoms with E-state index in [2.05, 4.69) is 0 Å². The van der Waals surface area contributed by atoms with Gasteiger partial charge in [-0.25, -0.2) is 0 Å². The summed E-state index contributed by atoms with van der Waals surface area (Å²) < 4.78 is 0. The molecule has 2 rings (SSSR count). The normalized spacial score (nSPS) is 10.7. The summed E-state index contributed by atoms with van der Waals surface area (Å²) in [5.74, 6) is -0.264. The van der Waals surface area contributed by atoms with E-state index in [1.54, 1.807) is 12.1 Å². The molecule has 0 radical (unpaired) electrons. The molecule has 1 amide bonds. The lowest BCUT2D eigenvalue weighted by molar-refractivity contribution is -0.384. The molecule has 0 saturated heterocycles. The summed E-state index contributed by atoms with van der Waals surface area (Å²) in [7, 11) is 0. The maximum absolute atomic E-state index is 12.3. The fraction of sp³-hybridized carbons (Fsp3) is 0.167.